The topological polar surface area (TPSA) is 94.7 Å². The van der Waals surface area contributed by atoms with Gasteiger partial charge < -0.3 is 0 Å². The minimum absolute atomic E-state index is 0.0339. The first-order valence-electron chi connectivity index (χ1n) is 7.11. The molecule has 0 radical (unpaired) electrons. The molecule has 3 rings (SSSR count). The van der Waals surface area contributed by atoms with Crippen molar-refractivity contribution in [2.24, 2.45) is 7.05 Å². The molecule has 2 heterocycles. The summed E-state index contributed by atoms with van der Waals surface area (Å²) in [6.07, 6.45) is 2.83. The molecule has 132 valence electrons. The van der Waals surface area contributed by atoms with Gasteiger partial charge in [-0.15, -0.1) is 5.10 Å². The third-order valence-corrected chi connectivity index (χ3v) is 5.39. The van der Waals surface area contributed by atoms with Crippen LogP contribution in [0.25, 0.3) is 0 Å². The van der Waals surface area contributed by atoms with Crippen LogP contribution < -0.4 is 4.72 Å². The van der Waals surface area contributed by atoms with Gasteiger partial charge in [0, 0.05) is 23.3 Å². The van der Waals surface area contributed by atoms with Crippen molar-refractivity contribution in [2.45, 2.75) is 18.4 Å². The summed E-state index contributed by atoms with van der Waals surface area (Å²) in [6.45, 7) is 1.94. The van der Waals surface area contributed by atoms with Crippen LogP contribution in [0.5, 0.6) is 0 Å². The molecule has 0 amide bonds. The third kappa shape index (κ3) is 3.94. The number of aromatic nitrogens is 5. The lowest BCUT2D eigenvalue weighted by atomic mass is 10.2. The van der Waals surface area contributed by atoms with E-state index in [0.29, 0.717) is 22.3 Å². The Hall–Kier alpha value is -2.10. The highest BCUT2D eigenvalue weighted by molar-refractivity contribution is 7.92. The average molecular weight is 401 g/mol. The minimum atomic E-state index is -3.81. The Bertz CT molecular complexity index is 1030. The van der Waals surface area contributed by atoms with Gasteiger partial charge in [0.1, 0.15) is 11.2 Å². The maximum absolute atomic E-state index is 12.4. The van der Waals surface area contributed by atoms with E-state index < -0.39 is 10.0 Å². The van der Waals surface area contributed by atoms with Gasteiger partial charge in [-0.05, 0) is 24.6 Å². The standard InChI is InChI=1S/C14H14Cl2N6O2S/c1-9-13(7-21(2)18-9)25(23,24)20-14-17-8-22(19-14)6-10-3-4-11(15)5-12(10)16/h3-5,7-8H,6H2,1-2H3,(H,19,20). The summed E-state index contributed by atoms with van der Waals surface area (Å²) in [4.78, 5) is 4.05. The van der Waals surface area contributed by atoms with Crippen LogP contribution >= 0.6 is 23.2 Å². The van der Waals surface area contributed by atoms with E-state index in [4.69, 9.17) is 23.2 Å². The largest absolute Gasteiger partial charge is 0.274 e. The van der Waals surface area contributed by atoms with E-state index in [9.17, 15) is 8.42 Å². The molecule has 11 heteroatoms. The number of benzene rings is 1. The second-order valence-electron chi connectivity index (χ2n) is 5.36. The fraction of sp³-hybridized carbons (Fsp3) is 0.214. The van der Waals surface area contributed by atoms with Gasteiger partial charge in [0.15, 0.2) is 0 Å². The third-order valence-electron chi connectivity index (χ3n) is 3.37. The summed E-state index contributed by atoms with van der Waals surface area (Å²) >= 11 is 12.0. The molecule has 0 aliphatic rings. The van der Waals surface area contributed by atoms with Crippen molar-refractivity contribution in [1.82, 2.24) is 24.5 Å². The second kappa shape index (κ2) is 6.66. The van der Waals surface area contributed by atoms with Crippen molar-refractivity contribution in [1.29, 1.82) is 0 Å². The number of rotatable bonds is 5. The highest BCUT2D eigenvalue weighted by Crippen LogP contribution is 2.22. The van der Waals surface area contributed by atoms with Gasteiger partial charge in [-0.25, -0.2) is 17.8 Å². The van der Waals surface area contributed by atoms with Gasteiger partial charge in [-0.1, -0.05) is 29.3 Å². The fourth-order valence-electron chi connectivity index (χ4n) is 2.26. The predicted molar refractivity (Wildman–Crippen MR) is 94.3 cm³/mol. The Morgan fingerprint density at radius 2 is 2.00 bits per heavy atom. The number of hydrogen-bond donors (Lipinski definition) is 1. The Morgan fingerprint density at radius 3 is 2.64 bits per heavy atom. The predicted octanol–water partition coefficient (Wildman–Crippen LogP) is 2.48. The van der Waals surface area contributed by atoms with Crippen molar-refractivity contribution in [3.63, 3.8) is 0 Å². The van der Waals surface area contributed by atoms with Gasteiger partial charge in [0.2, 0.25) is 0 Å². The van der Waals surface area contributed by atoms with Gasteiger partial charge in [0.25, 0.3) is 16.0 Å². The number of aryl methyl sites for hydroxylation is 2. The molecule has 0 atom stereocenters. The zero-order valence-corrected chi connectivity index (χ0v) is 15.6. The summed E-state index contributed by atoms with van der Waals surface area (Å²) in [7, 11) is -2.16. The lowest BCUT2D eigenvalue weighted by Gasteiger charge is -2.05. The second-order valence-corrected chi connectivity index (χ2v) is 7.85. The number of halogens is 2. The maximum Gasteiger partial charge on any atom is 0.267 e. The highest BCUT2D eigenvalue weighted by Gasteiger charge is 2.21. The molecule has 2 aromatic heterocycles. The van der Waals surface area contributed by atoms with Gasteiger partial charge in [0.05, 0.1) is 12.2 Å². The Morgan fingerprint density at radius 1 is 1.24 bits per heavy atom. The summed E-state index contributed by atoms with van der Waals surface area (Å²) in [5, 5.41) is 9.17. The molecule has 0 saturated carbocycles. The quantitative estimate of drug-likeness (QED) is 0.709. The Kier molecular flexibility index (Phi) is 4.72. The maximum atomic E-state index is 12.4. The van der Waals surface area contributed by atoms with Gasteiger partial charge >= 0.3 is 0 Å². The van der Waals surface area contributed by atoms with Gasteiger partial charge in [-0.2, -0.15) is 10.1 Å². The Balaban J connectivity index is 1.78. The molecule has 1 N–H and O–H groups in total. The van der Waals surface area contributed by atoms with Crippen LogP contribution in [-0.4, -0.2) is 33.0 Å². The van der Waals surface area contributed by atoms with Crippen LogP contribution in [0.2, 0.25) is 10.0 Å². The highest BCUT2D eigenvalue weighted by atomic mass is 35.5. The van der Waals surface area contributed by atoms with E-state index in [1.165, 1.54) is 21.9 Å². The van der Waals surface area contributed by atoms with Crippen molar-refractivity contribution in [3.8, 4) is 0 Å². The normalized spacial score (nSPS) is 11.7. The van der Waals surface area contributed by atoms with E-state index in [1.807, 2.05) is 0 Å². The lowest BCUT2D eigenvalue weighted by Crippen LogP contribution is -2.15. The molecular weight excluding hydrogens is 387 g/mol. The van der Waals surface area contributed by atoms with Crippen molar-refractivity contribution in [3.05, 3.63) is 52.0 Å². The zero-order chi connectivity index (χ0) is 18.2. The number of anilines is 1. The Labute approximate surface area is 154 Å². The van der Waals surface area contributed by atoms with Crippen LogP contribution in [0.15, 0.2) is 35.6 Å². The van der Waals surface area contributed by atoms with Crippen LogP contribution in [0.3, 0.4) is 0 Å². The fourth-order valence-corrected chi connectivity index (χ4v) is 3.89. The molecule has 3 aromatic rings. The van der Waals surface area contributed by atoms with Crippen LogP contribution in [0.4, 0.5) is 5.95 Å². The van der Waals surface area contributed by atoms with Crippen molar-refractivity contribution < 1.29 is 8.42 Å². The van der Waals surface area contributed by atoms with Crippen LogP contribution in [0, 0.1) is 6.92 Å². The molecule has 0 spiro atoms. The first-order chi connectivity index (χ1) is 11.7. The zero-order valence-electron chi connectivity index (χ0n) is 13.3. The first kappa shape index (κ1) is 17.7. The number of nitrogens with zero attached hydrogens (tertiary/aromatic N) is 5. The number of nitrogens with one attached hydrogen (secondary N) is 1. The molecule has 0 saturated heterocycles. The summed E-state index contributed by atoms with van der Waals surface area (Å²) in [6, 6.07) is 5.12. The molecule has 0 aliphatic heterocycles. The number of hydrogen-bond acceptors (Lipinski definition) is 5. The molecule has 0 fully saturated rings. The van der Waals surface area contributed by atoms with E-state index in [0.717, 1.165) is 5.56 Å². The molecule has 25 heavy (non-hydrogen) atoms. The minimum Gasteiger partial charge on any atom is -0.274 e. The summed E-state index contributed by atoms with van der Waals surface area (Å²) in [5.41, 5.74) is 1.18. The monoisotopic (exact) mass is 400 g/mol. The number of sulfonamides is 1. The van der Waals surface area contributed by atoms with Gasteiger partial charge in [-0.3, -0.25) is 4.68 Å². The van der Waals surface area contributed by atoms with E-state index in [-0.39, 0.29) is 10.8 Å². The lowest BCUT2D eigenvalue weighted by molar-refractivity contribution is 0.600. The molecule has 0 unspecified atom stereocenters. The van der Waals surface area contributed by atoms with E-state index in [2.05, 4.69) is 19.9 Å². The molecule has 0 bridgehead atoms. The molecule has 0 aliphatic carbocycles. The van der Waals surface area contributed by atoms with Crippen molar-refractivity contribution >= 4 is 39.2 Å². The first-order valence-corrected chi connectivity index (χ1v) is 9.35. The molecule has 8 nitrogen and oxygen atoms in total. The SMILES string of the molecule is Cc1nn(C)cc1S(=O)(=O)Nc1ncn(Cc2ccc(Cl)cc2Cl)n1. The van der Waals surface area contributed by atoms with E-state index in [1.54, 1.807) is 32.2 Å². The molecular formula is C14H14Cl2N6O2S. The smallest absolute Gasteiger partial charge is 0.267 e. The summed E-state index contributed by atoms with van der Waals surface area (Å²) in [5.74, 6) is -0.0339. The van der Waals surface area contributed by atoms with Crippen LogP contribution in [0.1, 0.15) is 11.3 Å². The molecule has 1 aromatic carbocycles. The van der Waals surface area contributed by atoms with Crippen molar-refractivity contribution in [2.75, 3.05) is 4.72 Å². The van der Waals surface area contributed by atoms with Crippen LogP contribution in [-0.2, 0) is 23.6 Å². The average Bonchev–Trinajstić information content (AvgIpc) is 3.08. The van der Waals surface area contributed by atoms with E-state index >= 15 is 0 Å². The summed E-state index contributed by atoms with van der Waals surface area (Å²) < 4.78 is 30.1.